The van der Waals surface area contributed by atoms with E-state index in [9.17, 15) is 5.11 Å². The smallest absolute Gasteiger partial charge is 0.0882 e. The molecule has 3 fully saturated rings. The zero-order chi connectivity index (χ0) is 12.8. The fraction of sp³-hybridized carbons (Fsp3) is 1.00. The van der Waals surface area contributed by atoms with E-state index in [1.54, 1.807) is 0 Å². The topological polar surface area (TPSA) is 49.5 Å². The molecule has 0 bridgehead atoms. The van der Waals surface area contributed by atoms with Crippen molar-refractivity contribution in [1.29, 1.82) is 0 Å². The number of aliphatic hydroxyl groups is 1. The summed E-state index contributed by atoms with van der Waals surface area (Å²) in [5, 5.41) is 11.4. The summed E-state index contributed by atoms with van der Waals surface area (Å²) in [7, 11) is 0. The summed E-state index contributed by atoms with van der Waals surface area (Å²) in [4.78, 5) is 2.51. The van der Waals surface area contributed by atoms with Crippen LogP contribution in [0.4, 0.5) is 0 Å². The van der Waals surface area contributed by atoms with Crippen molar-refractivity contribution < 1.29 is 5.11 Å². The van der Waals surface area contributed by atoms with Crippen LogP contribution in [0.25, 0.3) is 0 Å². The molecular formula is C15H28N2O. The molecule has 3 nitrogen and oxygen atoms in total. The van der Waals surface area contributed by atoms with Crippen molar-refractivity contribution >= 4 is 0 Å². The van der Waals surface area contributed by atoms with E-state index in [1.165, 1.54) is 32.2 Å². The van der Waals surface area contributed by atoms with Crippen molar-refractivity contribution in [3.8, 4) is 0 Å². The Morgan fingerprint density at radius 1 is 1.22 bits per heavy atom. The highest BCUT2D eigenvalue weighted by atomic mass is 16.3. The lowest BCUT2D eigenvalue weighted by molar-refractivity contribution is -0.121. The molecule has 2 saturated heterocycles. The third kappa shape index (κ3) is 1.67. The van der Waals surface area contributed by atoms with E-state index >= 15 is 0 Å². The number of nitrogens with two attached hydrogens (primary N) is 1. The Morgan fingerprint density at radius 3 is 2.78 bits per heavy atom. The lowest BCUT2D eigenvalue weighted by Gasteiger charge is -2.51. The van der Waals surface area contributed by atoms with Gasteiger partial charge in [-0.1, -0.05) is 19.8 Å². The number of hydrogen-bond acceptors (Lipinski definition) is 3. The van der Waals surface area contributed by atoms with Crippen molar-refractivity contribution in [2.75, 3.05) is 19.6 Å². The van der Waals surface area contributed by atoms with Crippen LogP contribution in [0, 0.1) is 11.3 Å². The standard InChI is InChI=1S/C15H28N2O/c1-12-4-2-6-14(10-12,11-16)15(18)7-9-17-8-3-5-13(15)17/h12-13,18H,2-11,16H2,1H3. The maximum Gasteiger partial charge on any atom is 0.0882 e. The summed E-state index contributed by atoms with van der Waals surface area (Å²) >= 11 is 0. The summed E-state index contributed by atoms with van der Waals surface area (Å²) in [6.07, 6.45) is 8.19. The van der Waals surface area contributed by atoms with Gasteiger partial charge in [0, 0.05) is 24.5 Å². The van der Waals surface area contributed by atoms with Crippen molar-refractivity contribution in [3.63, 3.8) is 0 Å². The minimum Gasteiger partial charge on any atom is -0.388 e. The molecule has 1 saturated carbocycles. The fourth-order valence-electron chi connectivity index (χ4n) is 5.15. The van der Waals surface area contributed by atoms with Crippen molar-refractivity contribution in [2.24, 2.45) is 17.1 Å². The minimum atomic E-state index is -0.507. The maximum absolute atomic E-state index is 11.4. The highest BCUT2D eigenvalue weighted by Gasteiger charge is 2.59. The van der Waals surface area contributed by atoms with Crippen molar-refractivity contribution in [2.45, 2.75) is 63.5 Å². The molecule has 3 rings (SSSR count). The summed E-state index contributed by atoms with van der Waals surface area (Å²) in [5.41, 5.74) is 5.66. The van der Waals surface area contributed by atoms with Crippen LogP contribution in [0.2, 0.25) is 0 Å². The molecule has 0 amide bonds. The first-order valence-corrected chi connectivity index (χ1v) is 7.78. The largest absolute Gasteiger partial charge is 0.388 e. The van der Waals surface area contributed by atoms with E-state index in [2.05, 4.69) is 11.8 Å². The molecule has 2 heterocycles. The molecule has 0 aromatic heterocycles. The van der Waals surface area contributed by atoms with Crippen LogP contribution in [0.3, 0.4) is 0 Å². The van der Waals surface area contributed by atoms with Gasteiger partial charge in [0.25, 0.3) is 0 Å². The monoisotopic (exact) mass is 252 g/mol. The second-order valence-corrected chi connectivity index (χ2v) is 7.05. The molecule has 4 atom stereocenters. The third-order valence-electron chi connectivity index (χ3n) is 6.10. The first kappa shape index (κ1) is 12.9. The molecule has 3 heteroatoms. The van der Waals surface area contributed by atoms with Gasteiger partial charge < -0.3 is 10.8 Å². The van der Waals surface area contributed by atoms with Gasteiger partial charge in [-0.25, -0.2) is 0 Å². The van der Waals surface area contributed by atoms with E-state index < -0.39 is 5.60 Å². The molecule has 0 spiro atoms. The zero-order valence-electron chi connectivity index (χ0n) is 11.7. The highest BCUT2D eigenvalue weighted by molar-refractivity contribution is 5.13. The Balaban J connectivity index is 1.90. The van der Waals surface area contributed by atoms with Gasteiger partial charge in [0.1, 0.15) is 0 Å². The molecular weight excluding hydrogens is 224 g/mol. The SMILES string of the molecule is CC1CCCC(CN)(C2(O)CCN3CCCC32)C1. The molecule has 4 unspecified atom stereocenters. The first-order chi connectivity index (χ1) is 8.61. The lowest BCUT2D eigenvalue weighted by Crippen LogP contribution is -2.59. The molecule has 0 radical (unpaired) electrons. The summed E-state index contributed by atoms with van der Waals surface area (Å²) in [6, 6.07) is 0.395. The van der Waals surface area contributed by atoms with Crippen LogP contribution in [-0.4, -0.2) is 41.3 Å². The molecule has 104 valence electrons. The van der Waals surface area contributed by atoms with Gasteiger partial charge in [0.15, 0.2) is 0 Å². The number of nitrogens with zero attached hydrogens (tertiary/aromatic N) is 1. The Kier molecular flexibility index (Phi) is 3.20. The lowest BCUT2D eigenvalue weighted by atomic mass is 9.58. The Morgan fingerprint density at radius 2 is 2.06 bits per heavy atom. The van der Waals surface area contributed by atoms with Crippen LogP contribution in [0.15, 0.2) is 0 Å². The summed E-state index contributed by atoms with van der Waals surface area (Å²) < 4.78 is 0. The van der Waals surface area contributed by atoms with E-state index in [-0.39, 0.29) is 5.41 Å². The van der Waals surface area contributed by atoms with E-state index in [0.717, 1.165) is 31.7 Å². The van der Waals surface area contributed by atoms with Crippen LogP contribution in [0.1, 0.15) is 51.9 Å². The van der Waals surface area contributed by atoms with Crippen LogP contribution in [0.5, 0.6) is 0 Å². The third-order valence-corrected chi connectivity index (χ3v) is 6.10. The van der Waals surface area contributed by atoms with E-state index in [4.69, 9.17) is 5.73 Å². The predicted molar refractivity (Wildman–Crippen MR) is 73.3 cm³/mol. The van der Waals surface area contributed by atoms with Gasteiger partial charge in [-0.3, -0.25) is 4.90 Å². The van der Waals surface area contributed by atoms with Crippen LogP contribution in [-0.2, 0) is 0 Å². The molecule has 2 aliphatic heterocycles. The van der Waals surface area contributed by atoms with Gasteiger partial charge in [0.05, 0.1) is 5.60 Å². The molecule has 18 heavy (non-hydrogen) atoms. The summed E-state index contributed by atoms with van der Waals surface area (Å²) in [6.45, 7) is 5.26. The normalized spacial score (nSPS) is 49.5. The van der Waals surface area contributed by atoms with Gasteiger partial charge >= 0.3 is 0 Å². The van der Waals surface area contributed by atoms with E-state index in [0.29, 0.717) is 12.6 Å². The second kappa shape index (κ2) is 4.46. The molecule has 3 N–H and O–H groups in total. The average molecular weight is 252 g/mol. The average Bonchev–Trinajstić information content (AvgIpc) is 2.94. The fourth-order valence-corrected chi connectivity index (χ4v) is 5.15. The first-order valence-electron chi connectivity index (χ1n) is 7.78. The van der Waals surface area contributed by atoms with Gasteiger partial charge in [-0.05, 0) is 44.6 Å². The number of hydrogen-bond donors (Lipinski definition) is 2. The van der Waals surface area contributed by atoms with Gasteiger partial charge in [-0.15, -0.1) is 0 Å². The molecule has 1 aliphatic carbocycles. The Labute approximate surface area is 111 Å². The van der Waals surface area contributed by atoms with Gasteiger partial charge in [-0.2, -0.15) is 0 Å². The molecule has 0 aromatic rings. The Bertz CT molecular complexity index is 320. The van der Waals surface area contributed by atoms with Crippen molar-refractivity contribution in [1.82, 2.24) is 4.90 Å². The quantitative estimate of drug-likeness (QED) is 0.787. The highest BCUT2D eigenvalue weighted by Crippen LogP contribution is 2.54. The maximum atomic E-state index is 11.4. The number of rotatable bonds is 2. The van der Waals surface area contributed by atoms with Crippen LogP contribution < -0.4 is 5.73 Å². The van der Waals surface area contributed by atoms with E-state index in [1.807, 2.05) is 0 Å². The molecule has 0 aromatic carbocycles. The predicted octanol–water partition coefficient (Wildman–Crippen LogP) is 1.74. The number of fused-ring (bicyclic) bond motifs is 1. The summed E-state index contributed by atoms with van der Waals surface area (Å²) in [5.74, 6) is 0.724. The minimum absolute atomic E-state index is 0.00553. The van der Waals surface area contributed by atoms with Gasteiger partial charge in [0.2, 0.25) is 0 Å². The second-order valence-electron chi connectivity index (χ2n) is 7.05. The van der Waals surface area contributed by atoms with Crippen molar-refractivity contribution in [3.05, 3.63) is 0 Å². The molecule has 3 aliphatic rings. The zero-order valence-corrected chi connectivity index (χ0v) is 11.7. The van der Waals surface area contributed by atoms with Crippen LogP contribution >= 0.6 is 0 Å². The Hall–Kier alpha value is -0.120.